The first-order valence-electron chi connectivity index (χ1n) is 10.8. The number of hydrogen-bond acceptors (Lipinski definition) is 4. The maximum Gasteiger partial charge on any atom is 0.275 e. The number of fused-ring (bicyclic) bond motifs is 1. The highest BCUT2D eigenvalue weighted by atomic mass is 16.2. The molecule has 2 N–H and O–H groups in total. The monoisotopic (exact) mass is 418 g/mol. The fourth-order valence-corrected chi connectivity index (χ4v) is 4.99. The normalized spacial score (nSPS) is 18.1. The molecular formula is C25H30N4O2. The van der Waals surface area contributed by atoms with E-state index in [2.05, 4.69) is 43.4 Å². The van der Waals surface area contributed by atoms with E-state index in [1.807, 2.05) is 48.5 Å². The summed E-state index contributed by atoms with van der Waals surface area (Å²) in [6.45, 7) is 8.49. The standard InChI is InChI=1S/C25H30N4O2/c1-24(2)14-18(15-25(3,4)28-24)26-21(30)16-29-23(31)20-13-9-8-12-19(20)22(27-29)17-10-6-5-7-11-17/h5-13,18,28H,14-16H2,1-4H3,(H,26,30). The molecular weight excluding hydrogens is 388 g/mol. The molecule has 0 atom stereocenters. The highest BCUT2D eigenvalue weighted by Crippen LogP contribution is 2.28. The Hall–Kier alpha value is -2.99. The number of carbonyl (C=O) groups excluding carboxylic acids is 1. The van der Waals surface area contributed by atoms with Crippen molar-refractivity contribution in [2.75, 3.05) is 0 Å². The van der Waals surface area contributed by atoms with Gasteiger partial charge in [-0.05, 0) is 46.6 Å². The smallest absolute Gasteiger partial charge is 0.275 e. The molecule has 162 valence electrons. The van der Waals surface area contributed by atoms with Gasteiger partial charge in [-0.25, -0.2) is 4.68 Å². The lowest BCUT2D eigenvalue weighted by Crippen LogP contribution is -2.62. The molecule has 0 radical (unpaired) electrons. The second kappa shape index (κ2) is 7.93. The average Bonchev–Trinajstić information content (AvgIpc) is 2.68. The van der Waals surface area contributed by atoms with Gasteiger partial charge in [-0.2, -0.15) is 5.10 Å². The van der Waals surface area contributed by atoms with Gasteiger partial charge in [-0.15, -0.1) is 0 Å². The van der Waals surface area contributed by atoms with Gasteiger partial charge >= 0.3 is 0 Å². The third kappa shape index (κ3) is 4.69. The quantitative estimate of drug-likeness (QED) is 0.680. The molecule has 1 aromatic heterocycles. The minimum atomic E-state index is -0.253. The maximum absolute atomic E-state index is 13.1. The van der Waals surface area contributed by atoms with Crippen LogP contribution in [0.1, 0.15) is 40.5 Å². The van der Waals surface area contributed by atoms with Crippen molar-refractivity contribution in [3.63, 3.8) is 0 Å². The summed E-state index contributed by atoms with van der Waals surface area (Å²) in [5.41, 5.74) is 1.22. The summed E-state index contributed by atoms with van der Waals surface area (Å²) in [6.07, 6.45) is 1.66. The molecule has 1 saturated heterocycles. The zero-order valence-electron chi connectivity index (χ0n) is 18.6. The Balaban J connectivity index is 1.64. The highest BCUT2D eigenvalue weighted by Gasteiger charge is 2.38. The first kappa shape index (κ1) is 21.2. The van der Waals surface area contributed by atoms with Crippen LogP contribution in [0.25, 0.3) is 22.0 Å². The lowest BCUT2D eigenvalue weighted by atomic mass is 9.79. The van der Waals surface area contributed by atoms with Crippen molar-refractivity contribution in [2.24, 2.45) is 0 Å². The number of aromatic nitrogens is 2. The van der Waals surface area contributed by atoms with Crippen molar-refractivity contribution in [3.8, 4) is 11.3 Å². The van der Waals surface area contributed by atoms with Crippen LogP contribution in [0.4, 0.5) is 0 Å². The van der Waals surface area contributed by atoms with Crippen LogP contribution in [0.15, 0.2) is 59.4 Å². The van der Waals surface area contributed by atoms with E-state index in [1.165, 1.54) is 4.68 Å². The minimum Gasteiger partial charge on any atom is -0.352 e. The minimum absolute atomic E-state index is 0.0449. The molecule has 1 aliphatic rings. The second-order valence-corrected chi connectivity index (χ2v) is 9.79. The van der Waals surface area contributed by atoms with Gasteiger partial charge in [0.05, 0.1) is 11.1 Å². The predicted octanol–water partition coefficient (Wildman–Crippen LogP) is 3.49. The first-order valence-corrected chi connectivity index (χ1v) is 10.8. The Kier molecular flexibility index (Phi) is 5.43. The van der Waals surface area contributed by atoms with Crippen molar-refractivity contribution < 1.29 is 4.79 Å². The Labute approximate surface area is 182 Å². The largest absolute Gasteiger partial charge is 0.352 e. The van der Waals surface area contributed by atoms with E-state index in [4.69, 9.17) is 0 Å². The van der Waals surface area contributed by atoms with E-state index >= 15 is 0 Å². The van der Waals surface area contributed by atoms with E-state index in [-0.39, 0.29) is 35.1 Å². The number of rotatable bonds is 4. The summed E-state index contributed by atoms with van der Waals surface area (Å²) >= 11 is 0. The number of hydrogen-bond donors (Lipinski definition) is 2. The van der Waals surface area contributed by atoms with E-state index in [1.54, 1.807) is 6.07 Å². The molecule has 2 heterocycles. The van der Waals surface area contributed by atoms with E-state index < -0.39 is 0 Å². The molecule has 0 aliphatic carbocycles. The van der Waals surface area contributed by atoms with Crippen LogP contribution in [-0.2, 0) is 11.3 Å². The van der Waals surface area contributed by atoms with Crippen LogP contribution in [0.2, 0.25) is 0 Å². The summed E-state index contributed by atoms with van der Waals surface area (Å²) in [5.74, 6) is -0.192. The maximum atomic E-state index is 13.1. The zero-order chi connectivity index (χ0) is 22.2. The van der Waals surface area contributed by atoms with Crippen LogP contribution in [0, 0.1) is 0 Å². The van der Waals surface area contributed by atoms with Crippen LogP contribution in [-0.4, -0.2) is 32.8 Å². The Bertz CT molecular complexity index is 1150. The van der Waals surface area contributed by atoms with Crippen LogP contribution in [0.5, 0.6) is 0 Å². The number of piperidine rings is 1. The average molecular weight is 419 g/mol. The molecule has 0 unspecified atom stereocenters. The summed E-state index contributed by atoms with van der Waals surface area (Å²) in [5, 5.41) is 12.7. The second-order valence-electron chi connectivity index (χ2n) is 9.79. The van der Waals surface area contributed by atoms with Gasteiger partial charge in [0.15, 0.2) is 0 Å². The number of nitrogens with one attached hydrogen (secondary N) is 2. The molecule has 6 nitrogen and oxygen atoms in total. The Morgan fingerprint density at radius 2 is 1.58 bits per heavy atom. The van der Waals surface area contributed by atoms with E-state index in [0.29, 0.717) is 11.1 Å². The summed E-state index contributed by atoms with van der Waals surface area (Å²) < 4.78 is 1.29. The molecule has 2 aromatic carbocycles. The number of nitrogens with zero attached hydrogens (tertiary/aromatic N) is 2. The van der Waals surface area contributed by atoms with Crippen molar-refractivity contribution in [1.29, 1.82) is 0 Å². The first-order chi connectivity index (χ1) is 14.6. The lowest BCUT2D eigenvalue weighted by Gasteiger charge is -2.46. The Morgan fingerprint density at radius 1 is 1.00 bits per heavy atom. The molecule has 0 spiro atoms. The summed E-state index contributed by atoms with van der Waals surface area (Å²) in [7, 11) is 0. The van der Waals surface area contributed by atoms with Gasteiger partial charge in [0, 0.05) is 28.1 Å². The lowest BCUT2D eigenvalue weighted by molar-refractivity contribution is -0.123. The fraction of sp³-hybridized carbons (Fsp3) is 0.400. The predicted molar refractivity (Wildman–Crippen MR) is 124 cm³/mol. The van der Waals surface area contributed by atoms with E-state index in [0.717, 1.165) is 23.8 Å². The molecule has 1 amide bonds. The molecule has 6 heteroatoms. The molecule has 4 rings (SSSR count). The van der Waals surface area contributed by atoms with Crippen LogP contribution in [0.3, 0.4) is 0 Å². The molecule has 1 fully saturated rings. The van der Waals surface area contributed by atoms with Gasteiger partial charge in [-0.3, -0.25) is 9.59 Å². The van der Waals surface area contributed by atoms with Crippen molar-refractivity contribution in [3.05, 3.63) is 65.0 Å². The summed E-state index contributed by atoms with van der Waals surface area (Å²) in [4.78, 5) is 26.0. The van der Waals surface area contributed by atoms with Crippen molar-refractivity contribution in [2.45, 2.75) is 64.2 Å². The molecule has 0 saturated carbocycles. The number of amides is 1. The SMILES string of the molecule is CC1(C)CC(NC(=O)Cn2nc(-c3ccccc3)c3ccccc3c2=O)CC(C)(C)N1. The Morgan fingerprint density at radius 3 is 2.23 bits per heavy atom. The molecule has 1 aliphatic heterocycles. The highest BCUT2D eigenvalue weighted by molar-refractivity contribution is 5.93. The zero-order valence-corrected chi connectivity index (χ0v) is 18.6. The van der Waals surface area contributed by atoms with Crippen molar-refractivity contribution in [1.82, 2.24) is 20.4 Å². The van der Waals surface area contributed by atoms with Gasteiger partial charge < -0.3 is 10.6 Å². The third-order valence-corrected chi connectivity index (χ3v) is 5.76. The topological polar surface area (TPSA) is 76.0 Å². The number of carbonyl (C=O) groups is 1. The van der Waals surface area contributed by atoms with E-state index in [9.17, 15) is 9.59 Å². The van der Waals surface area contributed by atoms with Gasteiger partial charge in [0.25, 0.3) is 5.56 Å². The van der Waals surface area contributed by atoms with Crippen LogP contribution < -0.4 is 16.2 Å². The third-order valence-electron chi connectivity index (χ3n) is 5.76. The molecule has 31 heavy (non-hydrogen) atoms. The van der Waals surface area contributed by atoms with Gasteiger partial charge in [0.2, 0.25) is 5.91 Å². The summed E-state index contributed by atoms with van der Waals surface area (Å²) in [6, 6.07) is 17.2. The molecule has 0 bridgehead atoms. The number of benzene rings is 2. The van der Waals surface area contributed by atoms with Crippen molar-refractivity contribution >= 4 is 16.7 Å². The van der Waals surface area contributed by atoms with Gasteiger partial charge in [-0.1, -0.05) is 48.5 Å². The van der Waals surface area contributed by atoms with Gasteiger partial charge in [0.1, 0.15) is 6.54 Å². The molecule has 3 aromatic rings. The van der Waals surface area contributed by atoms with Crippen LogP contribution >= 0.6 is 0 Å². The fourth-order valence-electron chi connectivity index (χ4n) is 4.99.